The van der Waals surface area contributed by atoms with E-state index in [0.29, 0.717) is 24.3 Å². The van der Waals surface area contributed by atoms with Crippen LogP contribution in [-0.4, -0.2) is 53.0 Å². The van der Waals surface area contributed by atoms with Crippen LogP contribution in [0.3, 0.4) is 0 Å². The molecule has 2 saturated heterocycles. The topological polar surface area (TPSA) is 73.7 Å². The number of carboxylic acid groups (broad SMARTS) is 1. The van der Waals surface area contributed by atoms with Gasteiger partial charge in [0.15, 0.2) is 0 Å². The molecule has 1 aromatic heterocycles. The molecule has 3 rings (SSSR count). The van der Waals surface area contributed by atoms with E-state index in [1.165, 1.54) is 6.42 Å². The average Bonchev–Trinajstić information content (AvgIpc) is 2.61. The molecule has 1 aromatic rings. The van der Waals surface area contributed by atoms with Gasteiger partial charge in [0.25, 0.3) is 5.91 Å². The lowest BCUT2D eigenvalue weighted by Crippen LogP contribution is -2.44. The van der Waals surface area contributed by atoms with Gasteiger partial charge >= 0.3 is 5.97 Å². The average molecular weight is 331 g/mol. The summed E-state index contributed by atoms with van der Waals surface area (Å²) < 4.78 is 0. The van der Waals surface area contributed by atoms with Crippen LogP contribution in [0.15, 0.2) is 18.3 Å². The highest BCUT2D eigenvalue weighted by molar-refractivity contribution is 5.99. The summed E-state index contributed by atoms with van der Waals surface area (Å²) in [5, 5.41) is 9.38. The Morgan fingerprint density at radius 3 is 2.67 bits per heavy atom. The fourth-order valence-corrected chi connectivity index (χ4v) is 3.79. The summed E-state index contributed by atoms with van der Waals surface area (Å²) >= 11 is 0. The second-order valence-corrected chi connectivity index (χ2v) is 7.01. The number of hydrogen-bond acceptors (Lipinski definition) is 4. The number of piperidine rings is 2. The molecule has 1 N–H and O–H groups in total. The molecule has 2 fully saturated rings. The van der Waals surface area contributed by atoms with Crippen molar-refractivity contribution in [2.24, 2.45) is 11.8 Å². The Kier molecular flexibility index (Phi) is 5.02. The summed E-state index contributed by atoms with van der Waals surface area (Å²) in [6, 6.07) is 3.59. The Bertz CT molecular complexity index is 613. The van der Waals surface area contributed by atoms with Crippen molar-refractivity contribution in [2.75, 3.05) is 31.1 Å². The molecule has 2 aliphatic rings. The number of likely N-dealkylation sites (tertiary alicyclic amines) is 1. The van der Waals surface area contributed by atoms with E-state index in [0.717, 1.165) is 32.5 Å². The first-order valence-corrected chi connectivity index (χ1v) is 8.78. The van der Waals surface area contributed by atoms with Gasteiger partial charge in [0.05, 0.1) is 11.5 Å². The first kappa shape index (κ1) is 16.7. The molecular weight excluding hydrogens is 306 g/mol. The van der Waals surface area contributed by atoms with Gasteiger partial charge in [-0.25, -0.2) is 4.98 Å². The minimum atomic E-state index is -0.772. The molecule has 0 aliphatic carbocycles. The Balaban J connectivity index is 1.85. The number of amides is 1. The van der Waals surface area contributed by atoms with E-state index < -0.39 is 11.9 Å². The molecule has 2 unspecified atom stereocenters. The van der Waals surface area contributed by atoms with Gasteiger partial charge in [-0.1, -0.05) is 6.92 Å². The molecule has 3 heterocycles. The molecular formula is C18H25N3O3. The summed E-state index contributed by atoms with van der Waals surface area (Å²) in [5.74, 6) is -0.270. The zero-order valence-electron chi connectivity index (χ0n) is 14.1. The zero-order chi connectivity index (χ0) is 17.1. The minimum absolute atomic E-state index is 0.0166. The largest absolute Gasteiger partial charge is 0.481 e. The first-order chi connectivity index (χ1) is 11.6. The quantitative estimate of drug-likeness (QED) is 0.919. The van der Waals surface area contributed by atoms with Crippen LogP contribution in [0.2, 0.25) is 0 Å². The number of carboxylic acids is 1. The number of hydrogen-bond donors (Lipinski definition) is 1. The van der Waals surface area contributed by atoms with E-state index in [1.54, 1.807) is 12.3 Å². The van der Waals surface area contributed by atoms with Crippen molar-refractivity contribution >= 4 is 17.7 Å². The first-order valence-electron chi connectivity index (χ1n) is 8.78. The maximum atomic E-state index is 12.9. The van der Waals surface area contributed by atoms with Crippen LogP contribution in [0.25, 0.3) is 0 Å². The third-order valence-corrected chi connectivity index (χ3v) is 4.97. The molecule has 0 aromatic carbocycles. The predicted molar refractivity (Wildman–Crippen MR) is 91.1 cm³/mol. The van der Waals surface area contributed by atoms with Crippen LogP contribution in [0.1, 0.15) is 43.0 Å². The monoisotopic (exact) mass is 331 g/mol. The van der Waals surface area contributed by atoms with Crippen LogP contribution in [0.5, 0.6) is 0 Å². The lowest BCUT2D eigenvalue weighted by molar-refractivity contribution is -0.142. The van der Waals surface area contributed by atoms with Crippen molar-refractivity contribution < 1.29 is 14.7 Å². The second-order valence-electron chi connectivity index (χ2n) is 7.01. The van der Waals surface area contributed by atoms with Gasteiger partial charge in [0.2, 0.25) is 0 Å². The summed E-state index contributed by atoms with van der Waals surface area (Å²) in [7, 11) is 0. The molecule has 6 heteroatoms. The van der Waals surface area contributed by atoms with E-state index >= 15 is 0 Å². The summed E-state index contributed by atoms with van der Waals surface area (Å²) in [5.41, 5.74) is 0.595. The fourth-order valence-electron chi connectivity index (χ4n) is 3.79. The molecule has 6 nitrogen and oxygen atoms in total. The lowest BCUT2D eigenvalue weighted by atomic mass is 9.90. The number of anilines is 1. The molecule has 24 heavy (non-hydrogen) atoms. The van der Waals surface area contributed by atoms with Crippen molar-refractivity contribution in [1.29, 1.82) is 0 Å². The molecule has 2 atom stereocenters. The molecule has 0 saturated carbocycles. The normalized spacial score (nSPS) is 24.7. The van der Waals surface area contributed by atoms with Crippen molar-refractivity contribution in [1.82, 2.24) is 9.88 Å². The fraction of sp³-hybridized carbons (Fsp3) is 0.611. The molecule has 2 aliphatic heterocycles. The smallest absolute Gasteiger partial charge is 0.308 e. The number of pyridine rings is 1. The third kappa shape index (κ3) is 3.52. The van der Waals surface area contributed by atoms with Crippen molar-refractivity contribution in [3.63, 3.8) is 0 Å². The molecule has 0 spiro atoms. The lowest BCUT2D eigenvalue weighted by Gasteiger charge is -2.36. The number of rotatable bonds is 3. The van der Waals surface area contributed by atoms with E-state index in [-0.39, 0.29) is 11.8 Å². The number of carbonyl (C=O) groups excluding carboxylic acids is 1. The van der Waals surface area contributed by atoms with Crippen molar-refractivity contribution in [2.45, 2.75) is 32.6 Å². The van der Waals surface area contributed by atoms with Gasteiger partial charge in [-0.05, 0) is 43.7 Å². The zero-order valence-corrected chi connectivity index (χ0v) is 14.1. The molecule has 1 amide bonds. The van der Waals surface area contributed by atoms with Gasteiger partial charge in [-0.3, -0.25) is 9.59 Å². The van der Waals surface area contributed by atoms with Gasteiger partial charge < -0.3 is 14.9 Å². The van der Waals surface area contributed by atoms with E-state index in [1.807, 2.05) is 15.9 Å². The SMILES string of the molecule is CC1CC(C(=O)O)CN(c2ncccc2C(=O)N2CCCCC2)C1. The van der Waals surface area contributed by atoms with Gasteiger partial charge in [-0.2, -0.15) is 0 Å². The van der Waals surface area contributed by atoms with E-state index in [4.69, 9.17) is 0 Å². The molecule has 0 radical (unpaired) electrons. The number of nitrogens with zero attached hydrogens (tertiary/aromatic N) is 3. The van der Waals surface area contributed by atoms with Crippen LogP contribution in [-0.2, 0) is 4.79 Å². The van der Waals surface area contributed by atoms with Crippen molar-refractivity contribution in [3.05, 3.63) is 23.9 Å². The van der Waals surface area contributed by atoms with Crippen LogP contribution in [0, 0.1) is 11.8 Å². The highest BCUT2D eigenvalue weighted by atomic mass is 16.4. The Morgan fingerprint density at radius 1 is 1.21 bits per heavy atom. The number of aliphatic carboxylic acids is 1. The molecule has 130 valence electrons. The summed E-state index contributed by atoms with van der Waals surface area (Å²) in [4.78, 5) is 32.6. The predicted octanol–water partition coefficient (Wildman–Crippen LogP) is 2.25. The second kappa shape index (κ2) is 7.20. The van der Waals surface area contributed by atoms with Crippen molar-refractivity contribution in [3.8, 4) is 0 Å². The number of carbonyl (C=O) groups is 2. The standard InChI is InChI=1S/C18H25N3O3/c1-13-10-14(18(23)24)12-21(11-13)16-15(6-5-7-19-16)17(22)20-8-3-2-4-9-20/h5-7,13-14H,2-4,8-12H2,1H3,(H,23,24). The van der Waals surface area contributed by atoms with E-state index in [2.05, 4.69) is 11.9 Å². The van der Waals surface area contributed by atoms with Gasteiger partial charge in [-0.15, -0.1) is 0 Å². The van der Waals surface area contributed by atoms with Gasteiger partial charge in [0.1, 0.15) is 5.82 Å². The maximum Gasteiger partial charge on any atom is 0.308 e. The Hall–Kier alpha value is -2.11. The van der Waals surface area contributed by atoms with E-state index in [9.17, 15) is 14.7 Å². The number of aromatic nitrogens is 1. The van der Waals surface area contributed by atoms with Crippen LogP contribution >= 0.6 is 0 Å². The Morgan fingerprint density at radius 2 is 1.96 bits per heavy atom. The highest BCUT2D eigenvalue weighted by Crippen LogP contribution is 2.28. The molecule has 0 bridgehead atoms. The Labute approximate surface area is 142 Å². The maximum absolute atomic E-state index is 12.9. The summed E-state index contributed by atoms with van der Waals surface area (Å²) in [6.07, 6.45) is 5.62. The van der Waals surface area contributed by atoms with Gasteiger partial charge in [0, 0.05) is 32.4 Å². The van der Waals surface area contributed by atoms with Crippen LogP contribution in [0.4, 0.5) is 5.82 Å². The summed E-state index contributed by atoms with van der Waals surface area (Å²) in [6.45, 7) is 4.79. The minimum Gasteiger partial charge on any atom is -0.481 e. The highest BCUT2D eigenvalue weighted by Gasteiger charge is 2.32. The third-order valence-electron chi connectivity index (χ3n) is 4.97. The van der Waals surface area contributed by atoms with Crippen LogP contribution < -0.4 is 4.90 Å².